The van der Waals surface area contributed by atoms with Crippen molar-refractivity contribution in [2.45, 2.75) is 33.2 Å². The Hall–Kier alpha value is -1.47. The molecule has 0 fully saturated rings. The van der Waals surface area contributed by atoms with Crippen LogP contribution in [-0.2, 0) is 27.2 Å². The summed E-state index contributed by atoms with van der Waals surface area (Å²) in [6.45, 7) is 7.11. The Morgan fingerprint density at radius 2 is 1.38 bits per heavy atom. The molecule has 0 atom stereocenters. The van der Waals surface area contributed by atoms with Crippen LogP contribution in [0, 0.1) is 0 Å². The minimum absolute atomic E-state index is 0.0980. The Bertz CT molecular complexity index is 795. The van der Waals surface area contributed by atoms with E-state index in [0.717, 1.165) is 5.69 Å². The van der Waals surface area contributed by atoms with E-state index in [1.54, 1.807) is 44.7 Å². The number of nitrogens with zero attached hydrogens (tertiary/aromatic N) is 2. The highest BCUT2D eigenvalue weighted by Crippen LogP contribution is 2.70. The van der Waals surface area contributed by atoms with E-state index >= 15 is 0 Å². The molecule has 0 saturated heterocycles. The molecular weight excluding hydrogens is 416 g/mol. The minimum atomic E-state index is -3.94. The van der Waals surface area contributed by atoms with Crippen molar-refractivity contribution in [2.24, 2.45) is 0 Å². The van der Waals surface area contributed by atoms with Gasteiger partial charge in [0, 0.05) is 18.1 Å². The highest BCUT2D eigenvalue weighted by atomic mass is 31.2. The van der Waals surface area contributed by atoms with Gasteiger partial charge in [0.2, 0.25) is 11.5 Å². The average Bonchev–Trinajstić information content (AvgIpc) is 3.16. The van der Waals surface area contributed by atoms with Crippen LogP contribution in [0.2, 0.25) is 0 Å². The number of anilines is 1. The maximum Gasteiger partial charge on any atom is 0.365 e. The molecule has 0 aliphatic rings. The molecular formula is C18H29N3O6P2. The van der Waals surface area contributed by atoms with Crippen LogP contribution in [0.25, 0.3) is 5.69 Å². The number of hydrogen-bond donors (Lipinski definition) is 1. The maximum absolute atomic E-state index is 13.6. The molecule has 11 heteroatoms. The van der Waals surface area contributed by atoms with Crippen LogP contribution in [0.15, 0.2) is 42.7 Å². The second-order valence-corrected chi connectivity index (χ2v) is 10.4. The number of hydrogen-bond acceptors (Lipinski definition) is 8. The van der Waals surface area contributed by atoms with E-state index in [4.69, 9.17) is 18.1 Å². The quantitative estimate of drug-likeness (QED) is 0.425. The zero-order valence-electron chi connectivity index (χ0n) is 17.2. The second kappa shape index (κ2) is 11.1. The zero-order valence-corrected chi connectivity index (χ0v) is 19.0. The van der Waals surface area contributed by atoms with Crippen LogP contribution >= 0.6 is 15.2 Å². The van der Waals surface area contributed by atoms with Gasteiger partial charge in [0.1, 0.15) is 0 Å². The van der Waals surface area contributed by atoms with Crippen molar-refractivity contribution in [3.05, 3.63) is 42.7 Å². The van der Waals surface area contributed by atoms with Gasteiger partial charge in [-0.1, -0.05) is 18.2 Å². The molecule has 0 amide bonds. The first-order valence-electron chi connectivity index (χ1n) is 9.56. The smallest absolute Gasteiger partial charge is 0.331 e. The fourth-order valence-electron chi connectivity index (χ4n) is 2.73. The summed E-state index contributed by atoms with van der Waals surface area (Å²) in [6.07, 6.45) is 3.30. The number of para-hydroxylation sites is 1. The standard InChI is InChI=1S/C18H29N3O6P2/c1-5-24-28(22,25-6-2)18(29(23,26-7-3)27-8-4)20-17-19-14-15-21(17)16-12-10-9-11-13-16/h9-15,18H,5-8H2,1-4H3,(H,19,20). The Morgan fingerprint density at radius 3 is 1.83 bits per heavy atom. The van der Waals surface area contributed by atoms with Gasteiger partial charge in [-0.05, 0) is 39.8 Å². The van der Waals surface area contributed by atoms with Gasteiger partial charge in [0.25, 0.3) is 0 Å². The Kier molecular flexibility index (Phi) is 9.08. The van der Waals surface area contributed by atoms with Gasteiger partial charge >= 0.3 is 15.2 Å². The normalized spacial score (nSPS) is 12.4. The van der Waals surface area contributed by atoms with Gasteiger partial charge < -0.3 is 23.4 Å². The molecule has 0 bridgehead atoms. The molecule has 0 unspecified atom stereocenters. The Morgan fingerprint density at radius 1 is 0.897 bits per heavy atom. The predicted molar refractivity (Wildman–Crippen MR) is 113 cm³/mol. The monoisotopic (exact) mass is 445 g/mol. The molecule has 29 heavy (non-hydrogen) atoms. The van der Waals surface area contributed by atoms with Gasteiger partial charge in [-0.3, -0.25) is 13.7 Å². The van der Waals surface area contributed by atoms with Crippen molar-refractivity contribution in [2.75, 3.05) is 31.7 Å². The summed E-state index contributed by atoms with van der Waals surface area (Å²) < 4.78 is 50.8. The van der Waals surface area contributed by atoms with Gasteiger partial charge in [-0.15, -0.1) is 0 Å². The van der Waals surface area contributed by atoms with E-state index in [1.165, 1.54) is 0 Å². The van der Waals surface area contributed by atoms with Crippen molar-refractivity contribution in [3.8, 4) is 5.69 Å². The fraction of sp³-hybridized carbons (Fsp3) is 0.500. The molecule has 1 N–H and O–H groups in total. The maximum atomic E-state index is 13.6. The molecule has 162 valence electrons. The van der Waals surface area contributed by atoms with Crippen molar-refractivity contribution >= 4 is 21.1 Å². The molecule has 9 nitrogen and oxygen atoms in total. The lowest BCUT2D eigenvalue weighted by Gasteiger charge is -2.32. The number of imidazole rings is 1. The van der Waals surface area contributed by atoms with E-state index in [0.29, 0.717) is 5.95 Å². The molecule has 0 aliphatic heterocycles. The van der Waals surface area contributed by atoms with E-state index < -0.39 is 20.7 Å². The summed E-state index contributed by atoms with van der Waals surface area (Å²) in [5, 5.41) is 2.97. The number of benzene rings is 1. The third-order valence-electron chi connectivity index (χ3n) is 3.77. The summed E-state index contributed by atoms with van der Waals surface area (Å²) in [7, 11) is -7.88. The predicted octanol–water partition coefficient (Wildman–Crippen LogP) is 5.10. The number of nitrogens with one attached hydrogen (secondary N) is 1. The molecule has 1 heterocycles. The topological polar surface area (TPSA) is 101 Å². The van der Waals surface area contributed by atoms with Crippen LogP contribution in [0.4, 0.5) is 5.95 Å². The average molecular weight is 445 g/mol. The molecule has 2 rings (SSSR count). The third-order valence-corrected chi connectivity index (χ3v) is 9.39. The van der Waals surface area contributed by atoms with Gasteiger partial charge in [-0.2, -0.15) is 0 Å². The summed E-state index contributed by atoms with van der Waals surface area (Å²) in [6, 6.07) is 9.43. The van der Waals surface area contributed by atoms with Crippen LogP contribution in [0.1, 0.15) is 27.7 Å². The van der Waals surface area contributed by atoms with Gasteiger partial charge in [0.15, 0.2) is 0 Å². The Balaban J connectivity index is 2.53. The number of aromatic nitrogens is 2. The SMILES string of the molecule is CCOP(=O)(OCC)C(Nc1nccn1-c1ccccc1)P(=O)(OCC)OCC. The van der Waals surface area contributed by atoms with E-state index in [9.17, 15) is 9.13 Å². The first-order valence-corrected chi connectivity index (χ1v) is 12.8. The lowest BCUT2D eigenvalue weighted by atomic mass is 10.3. The van der Waals surface area contributed by atoms with Crippen LogP contribution < -0.4 is 5.32 Å². The molecule has 0 saturated carbocycles. The molecule has 0 spiro atoms. The van der Waals surface area contributed by atoms with Crippen LogP contribution in [-0.4, -0.2) is 41.5 Å². The molecule has 2 aromatic rings. The summed E-state index contributed by atoms with van der Waals surface area (Å²) in [5.41, 5.74) is -0.573. The van der Waals surface area contributed by atoms with Gasteiger partial charge in [-0.25, -0.2) is 4.98 Å². The lowest BCUT2D eigenvalue weighted by molar-refractivity contribution is 0.198. The molecule has 1 aromatic carbocycles. The van der Waals surface area contributed by atoms with Crippen molar-refractivity contribution in [3.63, 3.8) is 0 Å². The summed E-state index contributed by atoms with van der Waals surface area (Å²) in [4.78, 5) is 4.29. The van der Waals surface area contributed by atoms with Gasteiger partial charge in [0.05, 0.1) is 26.4 Å². The highest BCUT2D eigenvalue weighted by Gasteiger charge is 2.51. The first kappa shape index (κ1) is 23.8. The highest BCUT2D eigenvalue weighted by molar-refractivity contribution is 7.72. The second-order valence-electron chi connectivity index (χ2n) is 5.73. The van der Waals surface area contributed by atoms with E-state index in [1.807, 2.05) is 30.3 Å². The molecule has 0 radical (unpaired) electrons. The zero-order chi connectivity index (χ0) is 21.3. The lowest BCUT2D eigenvalue weighted by Crippen LogP contribution is -2.27. The molecule has 1 aromatic heterocycles. The number of rotatable bonds is 13. The first-order chi connectivity index (χ1) is 13.9. The minimum Gasteiger partial charge on any atom is -0.331 e. The van der Waals surface area contributed by atoms with Crippen molar-refractivity contribution in [1.82, 2.24) is 9.55 Å². The van der Waals surface area contributed by atoms with Crippen molar-refractivity contribution < 1.29 is 27.2 Å². The third kappa shape index (κ3) is 5.79. The largest absolute Gasteiger partial charge is 0.365 e. The molecule has 0 aliphatic carbocycles. The van der Waals surface area contributed by atoms with Crippen LogP contribution in [0.5, 0.6) is 0 Å². The van der Waals surface area contributed by atoms with E-state index in [-0.39, 0.29) is 26.4 Å². The van der Waals surface area contributed by atoms with E-state index in [2.05, 4.69) is 10.3 Å². The fourth-order valence-corrected chi connectivity index (χ4v) is 7.62. The van der Waals surface area contributed by atoms with Crippen molar-refractivity contribution in [1.29, 1.82) is 0 Å². The Labute approximate surface area is 171 Å². The summed E-state index contributed by atoms with van der Waals surface area (Å²) >= 11 is 0. The summed E-state index contributed by atoms with van der Waals surface area (Å²) in [5.74, 6) is 0.306. The van der Waals surface area contributed by atoms with Crippen LogP contribution in [0.3, 0.4) is 0 Å².